The van der Waals surface area contributed by atoms with E-state index in [1.807, 2.05) is 12.1 Å². The van der Waals surface area contributed by atoms with Gasteiger partial charge in [0.05, 0.1) is 6.04 Å². The number of benzene rings is 2. The van der Waals surface area contributed by atoms with Crippen LogP contribution in [-0.4, -0.2) is 19.6 Å². The third-order valence-electron chi connectivity index (χ3n) is 3.43. The van der Waals surface area contributed by atoms with E-state index in [1.54, 1.807) is 0 Å². The van der Waals surface area contributed by atoms with Gasteiger partial charge in [-0.05, 0) is 11.6 Å². The lowest BCUT2D eigenvalue weighted by Gasteiger charge is -2.38. The zero-order valence-electron chi connectivity index (χ0n) is 10.3. The predicted octanol–water partition coefficient (Wildman–Crippen LogP) is 2.64. The molecule has 3 rings (SSSR count). The Morgan fingerprint density at radius 1 is 1.06 bits per heavy atom. The maximum Gasteiger partial charge on any atom is 0.0667 e. The average molecular weight is 237 g/mol. The van der Waals surface area contributed by atoms with Crippen molar-refractivity contribution in [1.29, 1.82) is 0 Å². The predicted molar refractivity (Wildman–Crippen MR) is 74.7 cm³/mol. The topological polar surface area (TPSA) is 15.3 Å². The fourth-order valence-electron chi connectivity index (χ4n) is 2.53. The van der Waals surface area contributed by atoms with Gasteiger partial charge in [0.15, 0.2) is 0 Å². The summed E-state index contributed by atoms with van der Waals surface area (Å²) in [5, 5.41) is 3.48. The number of para-hydroxylation sites is 1. The lowest BCUT2D eigenvalue weighted by molar-refractivity contribution is 0.490. The molecule has 0 spiro atoms. The van der Waals surface area contributed by atoms with Crippen molar-refractivity contribution in [3.63, 3.8) is 0 Å². The summed E-state index contributed by atoms with van der Waals surface area (Å²) in [7, 11) is 0. The second-order valence-corrected chi connectivity index (χ2v) is 4.57. The van der Waals surface area contributed by atoms with Gasteiger partial charge >= 0.3 is 0 Å². The molecule has 0 saturated carbocycles. The van der Waals surface area contributed by atoms with Crippen LogP contribution in [0.4, 0.5) is 5.69 Å². The van der Waals surface area contributed by atoms with Crippen molar-refractivity contribution in [3.8, 4) is 0 Å². The molecular weight excluding hydrogens is 220 g/mol. The van der Waals surface area contributed by atoms with Crippen molar-refractivity contribution in [3.05, 3.63) is 66.2 Å². The zero-order valence-corrected chi connectivity index (χ0v) is 10.3. The average Bonchev–Trinajstić information content (AvgIpc) is 2.49. The van der Waals surface area contributed by atoms with Gasteiger partial charge in [-0.1, -0.05) is 48.5 Å². The Hall–Kier alpha value is -1.80. The monoisotopic (exact) mass is 237 g/mol. The van der Waals surface area contributed by atoms with Crippen molar-refractivity contribution in [1.82, 2.24) is 5.32 Å². The maximum absolute atomic E-state index is 3.48. The van der Waals surface area contributed by atoms with Crippen LogP contribution in [0.3, 0.4) is 0 Å². The summed E-state index contributed by atoms with van der Waals surface area (Å²) in [6.07, 6.45) is 0. The van der Waals surface area contributed by atoms with E-state index in [2.05, 4.69) is 58.7 Å². The molecule has 0 amide bonds. The van der Waals surface area contributed by atoms with E-state index in [1.165, 1.54) is 11.3 Å². The minimum Gasteiger partial charge on any atom is -0.361 e. The molecule has 1 radical (unpaired) electrons. The fraction of sp³-hybridized carbons (Fsp3) is 0.250. The highest BCUT2D eigenvalue weighted by Gasteiger charge is 2.23. The van der Waals surface area contributed by atoms with Crippen LogP contribution in [0.25, 0.3) is 0 Å². The van der Waals surface area contributed by atoms with Crippen molar-refractivity contribution in [2.45, 2.75) is 6.04 Å². The molecule has 0 aromatic heterocycles. The van der Waals surface area contributed by atoms with Gasteiger partial charge in [0.25, 0.3) is 0 Å². The first kappa shape index (κ1) is 11.3. The number of hydrogen-bond donors (Lipinski definition) is 1. The van der Waals surface area contributed by atoms with E-state index in [0.717, 1.165) is 19.6 Å². The smallest absolute Gasteiger partial charge is 0.0667 e. The minimum atomic E-state index is 0.401. The molecule has 1 N–H and O–H groups in total. The molecule has 1 unspecified atom stereocenters. The second-order valence-electron chi connectivity index (χ2n) is 4.57. The Balaban J connectivity index is 1.92. The molecule has 1 fully saturated rings. The second kappa shape index (κ2) is 5.23. The molecule has 2 aromatic carbocycles. The fourth-order valence-corrected chi connectivity index (χ4v) is 2.53. The van der Waals surface area contributed by atoms with Gasteiger partial charge in [0.1, 0.15) is 0 Å². The van der Waals surface area contributed by atoms with E-state index < -0.39 is 0 Å². The number of nitrogens with zero attached hydrogens (tertiary/aromatic N) is 1. The Labute approximate surface area is 108 Å². The first-order chi connectivity index (χ1) is 8.95. The van der Waals surface area contributed by atoms with Gasteiger partial charge in [0, 0.05) is 31.4 Å². The highest BCUT2D eigenvalue weighted by atomic mass is 15.2. The normalized spacial score (nSPS) is 19.8. The van der Waals surface area contributed by atoms with E-state index in [0.29, 0.717) is 6.04 Å². The maximum atomic E-state index is 3.48. The molecular formula is C16H17N2. The first-order valence-corrected chi connectivity index (χ1v) is 6.44. The summed E-state index contributed by atoms with van der Waals surface area (Å²) < 4.78 is 0. The van der Waals surface area contributed by atoms with Crippen LogP contribution in [0.2, 0.25) is 0 Å². The van der Waals surface area contributed by atoms with Crippen LogP contribution >= 0.6 is 0 Å². The van der Waals surface area contributed by atoms with E-state index in [-0.39, 0.29) is 0 Å². The summed E-state index contributed by atoms with van der Waals surface area (Å²) in [4.78, 5) is 2.44. The van der Waals surface area contributed by atoms with Gasteiger partial charge in [-0.3, -0.25) is 0 Å². The van der Waals surface area contributed by atoms with Crippen LogP contribution < -0.4 is 10.2 Å². The largest absolute Gasteiger partial charge is 0.361 e. The highest BCUT2D eigenvalue weighted by molar-refractivity contribution is 5.48. The Morgan fingerprint density at radius 3 is 2.67 bits per heavy atom. The van der Waals surface area contributed by atoms with E-state index >= 15 is 0 Å². The Kier molecular flexibility index (Phi) is 3.29. The van der Waals surface area contributed by atoms with Crippen LogP contribution in [0.1, 0.15) is 11.6 Å². The molecule has 1 heterocycles. The van der Waals surface area contributed by atoms with E-state index in [4.69, 9.17) is 0 Å². The van der Waals surface area contributed by atoms with Crippen LogP contribution in [0.5, 0.6) is 0 Å². The number of nitrogens with one attached hydrogen (secondary N) is 1. The number of rotatable bonds is 2. The van der Waals surface area contributed by atoms with Crippen molar-refractivity contribution >= 4 is 5.69 Å². The Morgan fingerprint density at radius 2 is 1.89 bits per heavy atom. The lowest BCUT2D eigenvalue weighted by Crippen LogP contribution is -2.46. The van der Waals surface area contributed by atoms with Gasteiger partial charge in [-0.25, -0.2) is 0 Å². The van der Waals surface area contributed by atoms with Crippen molar-refractivity contribution in [2.24, 2.45) is 0 Å². The molecule has 1 aliphatic rings. The molecule has 2 aromatic rings. The molecule has 1 atom stereocenters. The van der Waals surface area contributed by atoms with Crippen LogP contribution in [-0.2, 0) is 0 Å². The van der Waals surface area contributed by atoms with Crippen molar-refractivity contribution in [2.75, 3.05) is 24.5 Å². The van der Waals surface area contributed by atoms with Gasteiger partial charge < -0.3 is 10.2 Å². The quantitative estimate of drug-likeness (QED) is 0.863. The third kappa shape index (κ3) is 2.24. The molecule has 91 valence electrons. The number of hydrogen-bond acceptors (Lipinski definition) is 2. The van der Waals surface area contributed by atoms with Gasteiger partial charge in [-0.2, -0.15) is 0 Å². The minimum absolute atomic E-state index is 0.401. The summed E-state index contributed by atoms with van der Waals surface area (Å²) >= 11 is 0. The molecule has 1 saturated heterocycles. The molecule has 0 aliphatic carbocycles. The zero-order chi connectivity index (χ0) is 12.2. The molecule has 18 heavy (non-hydrogen) atoms. The number of anilines is 1. The molecule has 1 aliphatic heterocycles. The highest BCUT2D eigenvalue weighted by Crippen LogP contribution is 2.27. The van der Waals surface area contributed by atoms with E-state index in [9.17, 15) is 0 Å². The number of piperazine rings is 1. The lowest BCUT2D eigenvalue weighted by atomic mass is 10.0. The SMILES string of the molecule is [c]1ccccc1N1CCNCC1c1ccccc1. The van der Waals surface area contributed by atoms with Gasteiger partial charge in [0.2, 0.25) is 0 Å². The summed E-state index contributed by atoms with van der Waals surface area (Å²) in [6.45, 7) is 3.05. The van der Waals surface area contributed by atoms with Crippen molar-refractivity contribution < 1.29 is 0 Å². The van der Waals surface area contributed by atoms with Crippen LogP contribution in [0, 0.1) is 6.07 Å². The Bertz CT molecular complexity index is 433. The standard InChI is InChI=1S/C16H17N2/c1-3-7-14(8-4-1)16-13-17-11-12-18(16)15-9-5-2-6-10-15/h1-9,16-17H,11-13H2. The molecule has 2 nitrogen and oxygen atoms in total. The third-order valence-corrected chi connectivity index (χ3v) is 3.43. The first-order valence-electron chi connectivity index (χ1n) is 6.44. The van der Waals surface area contributed by atoms with Crippen LogP contribution in [0.15, 0.2) is 54.6 Å². The van der Waals surface area contributed by atoms with Gasteiger partial charge in [-0.15, -0.1) is 0 Å². The molecule has 0 bridgehead atoms. The molecule has 2 heteroatoms. The summed E-state index contributed by atoms with van der Waals surface area (Å²) in [5.74, 6) is 0. The summed E-state index contributed by atoms with van der Waals surface area (Å²) in [6, 6.07) is 22.6. The summed E-state index contributed by atoms with van der Waals surface area (Å²) in [5.41, 5.74) is 2.55.